The van der Waals surface area contributed by atoms with Crippen LogP contribution < -0.4 is 29.7 Å². The lowest BCUT2D eigenvalue weighted by molar-refractivity contribution is -0.120. The highest BCUT2D eigenvalue weighted by molar-refractivity contribution is 9.10. The van der Waals surface area contributed by atoms with Gasteiger partial charge in [0.25, 0.3) is 11.8 Å². The minimum absolute atomic E-state index is 0.222. The highest BCUT2D eigenvalue weighted by Crippen LogP contribution is 2.38. The Morgan fingerprint density at radius 3 is 2.24 bits per heavy atom. The molecule has 0 atom stereocenters. The fraction of sp³-hybridized carbons (Fsp3) is 0.154. The minimum atomic E-state index is -0.547. The third-order valence-corrected chi connectivity index (χ3v) is 5.36. The molecular weight excluding hydrogens is 546 g/mol. The van der Waals surface area contributed by atoms with Crippen molar-refractivity contribution < 1.29 is 33.3 Å². The summed E-state index contributed by atoms with van der Waals surface area (Å²) in [5, 5.41) is 6.38. The van der Waals surface area contributed by atoms with Gasteiger partial charge in [0, 0.05) is 10.0 Å². The molecule has 3 rings (SSSR count). The average molecular weight is 570 g/mol. The van der Waals surface area contributed by atoms with E-state index in [0.29, 0.717) is 34.1 Å². The Morgan fingerprint density at radius 2 is 1.59 bits per heavy atom. The molecule has 0 aliphatic carbocycles. The number of rotatable bonds is 10. The summed E-state index contributed by atoms with van der Waals surface area (Å²) in [6.45, 7) is -0.322. The van der Waals surface area contributed by atoms with Crippen molar-refractivity contribution in [3.63, 3.8) is 0 Å². The molecule has 0 spiro atoms. The Kier molecular flexibility index (Phi) is 9.61. The van der Waals surface area contributed by atoms with E-state index < -0.39 is 17.8 Å². The summed E-state index contributed by atoms with van der Waals surface area (Å²) in [5.41, 5.74) is 3.53. The van der Waals surface area contributed by atoms with Gasteiger partial charge >= 0.3 is 5.97 Å². The first-order chi connectivity index (χ1) is 17.8. The smallest absolute Gasteiger partial charge is 0.343 e. The van der Waals surface area contributed by atoms with Crippen molar-refractivity contribution in [2.24, 2.45) is 5.10 Å². The van der Waals surface area contributed by atoms with E-state index >= 15 is 0 Å². The molecular formula is C26H24BrN3O7. The van der Waals surface area contributed by atoms with Gasteiger partial charge in [-0.05, 0) is 48.0 Å². The van der Waals surface area contributed by atoms with Crippen molar-refractivity contribution in [3.05, 3.63) is 81.8 Å². The van der Waals surface area contributed by atoms with Crippen LogP contribution in [-0.4, -0.2) is 51.9 Å². The lowest BCUT2D eigenvalue weighted by Crippen LogP contribution is -2.34. The molecule has 0 radical (unpaired) electrons. The second-order valence-corrected chi connectivity index (χ2v) is 8.28. The van der Waals surface area contributed by atoms with E-state index in [0.717, 1.165) is 4.47 Å². The van der Waals surface area contributed by atoms with Crippen LogP contribution >= 0.6 is 15.9 Å². The molecule has 2 N–H and O–H groups in total. The van der Waals surface area contributed by atoms with Crippen LogP contribution in [0.15, 0.2) is 70.2 Å². The number of esters is 1. The summed E-state index contributed by atoms with van der Waals surface area (Å²) in [6, 6.07) is 16.4. The Morgan fingerprint density at radius 1 is 0.892 bits per heavy atom. The fourth-order valence-electron chi connectivity index (χ4n) is 3.13. The molecule has 192 valence electrons. The Labute approximate surface area is 221 Å². The number of carbonyl (C=O) groups excluding carboxylic acids is 3. The van der Waals surface area contributed by atoms with Crippen LogP contribution in [0.5, 0.6) is 23.0 Å². The molecule has 0 unspecified atom stereocenters. The van der Waals surface area contributed by atoms with Crippen molar-refractivity contribution in [1.29, 1.82) is 0 Å². The van der Waals surface area contributed by atoms with Crippen LogP contribution in [0.1, 0.15) is 26.3 Å². The maximum atomic E-state index is 12.5. The van der Waals surface area contributed by atoms with E-state index in [1.165, 1.54) is 39.7 Å². The van der Waals surface area contributed by atoms with Crippen molar-refractivity contribution in [1.82, 2.24) is 10.7 Å². The molecule has 0 saturated carbocycles. The van der Waals surface area contributed by atoms with Gasteiger partial charge in [0.1, 0.15) is 5.75 Å². The van der Waals surface area contributed by atoms with Crippen LogP contribution in [0.4, 0.5) is 0 Å². The summed E-state index contributed by atoms with van der Waals surface area (Å²) in [4.78, 5) is 37.0. The van der Waals surface area contributed by atoms with Gasteiger partial charge in [-0.15, -0.1) is 0 Å². The molecule has 0 aliphatic heterocycles. The first-order valence-corrected chi connectivity index (χ1v) is 11.6. The van der Waals surface area contributed by atoms with E-state index in [9.17, 15) is 14.4 Å². The zero-order valence-electron chi connectivity index (χ0n) is 20.2. The predicted octanol–water partition coefficient (Wildman–Crippen LogP) is 3.57. The van der Waals surface area contributed by atoms with Crippen molar-refractivity contribution in [2.75, 3.05) is 27.9 Å². The number of halogens is 1. The number of nitrogens with zero attached hydrogens (tertiary/aromatic N) is 1. The second-order valence-electron chi connectivity index (χ2n) is 7.36. The lowest BCUT2D eigenvalue weighted by atomic mass is 10.1. The molecule has 10 nitrogen and oxygen atoms in total. The van der Waals surface area contributed by atoms with E-state index in [4.69, 9.17) is 18.9 Å². The molecule has 37 heavy (non-hydrogen) atoms. The van der Waals surface area contributed by atoms with Gasteiger partial charge in [0.05, 0.1) is 39.7 Å². The number of ether oxygens (including phenoxy) is 4. The Balaban J connectivity index is 1.54. The number of methoxy groups -OCH3 is 3. The first kappa shape index (κ1) is 27.2. The van der Waals surface area contributed by atoms with E-state index in [1.54, 1.807) is 48.5 Å². The van der Waals surface area contributed by atoms with E-state index in [-0.39, 0.29) is 12.1 Å². The molecule has 0 heterocycles. The number of benzene rings is 3. The van der Waals surface area contributed by atoms with Crippen LogP contribution in [-0.2, 0) is 4.79 Å². The lowest BCUT2D eigenvalue weighted by Gasteiger charge is -2.14. The van der Waals surface area contributed by atoms with Gasteiger partial charge in [0.15, 0.2) is 11.5 Å². The minimum Gasteiger partial charge on any atom is -0.493 e. The topological polar surface area (TPSA) is 125 Å². The molecule has 0 fully saturated rings. The van der Waals surface area contributed by atoms with Crippen LogP contribution in [0.25, 0.3) is 0 Å². The molecule has 0 aromatic heterocycles. The summed E-state index contributed by atoms with van der Waals surface area (Å²) in [5.74, 6) is -0.283. The van der Waals surface area contributed by atoms with Crippen LogP contribution in [0.3, 0.4) is 0 Å². The molecule has 0 bridgehead atoms. The van der Waals surface area contributed by atoms with Gasteiger partial charge in [-0.3, -0.25) is 9.59 Å². The van der Waals surface area contributed by atoms with Gasteiger partial charge in [-0.2, -0.15) is 5.10 Å². The van der Waals surface area contributed by atoms with Gasteiger partial charge in [-0.25, -0.2) is 10.2 Å². The molecule has 2 amide bonds. The molecule has 3 aromatic carbocycles. The van der Waals surface area contributed by atoms with E-state index in [1.807, 2.05) is 0 Å². The maximum Gasteiger partial charge on any atom is 0.343 e. The number of carbonyl (C=O) groups is 3. The monoisotopic (exact) mass is 569 g/mol. The molecule has 3 aromatic rings. The third-order valence-electron chi connectivity index (χ3n) is 4.87. The molecule has 0 saturated heterocycles. The van der Waals surface area contributed by atoms with Gasteiger partial charge < -0.3 is 24.3 Å². The number of nitrogens with one attached hydrogen (secondary N) is 2. The zero-order valence-corrected chi connectivity index (χ0v) is 21.8. The normalized spacial score (nSPS) is 10.5. The standard InChI is InChI=1S/C26H24BrN3O7/c1-34-21-12-18(13-22(35-2)24(21)36-3)25(32)28-15-23(31)30-29-14-16-6-4-9-20(10-16)37-26(33)17-7-5-8-19(27)11-17/h4-14H,15H2,1-3H3,(H,28,32)(H,30,31). The summed E-state index contributed by atoms with van der Waals surface area (Å²) >= 11 is 3.32. The number of hydrogen-bond donors (Lipinski definition) is 2. The summed E-state index contributed by atoms with van der Waals surface area (Å²) in [6.07, 6.45) is 1.38. The largest absolute Gasteiger partial charge is 0.493 e. The summed E-state index contributed by atoms with van der Waals surface area (Å²) < 4.78 is 21.9. The zero-order chi connectivity index (χ0) is 26.8. The third kappa shape index (κ3) is 7.55. The van der Waals surface area contributed by atoms with Crippen molar-refractivity contribution in [3.8, 4) is 23.0 Å². The number of hydrazone groups is 1. The molecule has 0 aliphatic rings. The summed E-state index contributed by atoms with van der Waals surface area (Å²) in [7, 11) is 4.33. The Bertz CT molecular complexity index is 1300. The first-order valence-electron chi connectivity index (χ1n) is 10.8. The number of amides is 2. The predicted molar refractivity (Wildman–Crippen MR) is 140 cm³/mol. The highest BCUT2D eigenvalue weighted by Gasteiger charge is 2.17. The number of hydrogen-bond acceptors (Lipinski definition) is 8. The molecule has 11 heteroatoms. The highest BCUT2D eigenvalue weighted by atomic mass is 79.9. The van der Waals surface area contributed by atoms with Gasteiger partial charge in [-0.1, -0.05) is 34.1 Å². The quantitative estimate of drug-likeness (QED) is 0.165. The van der Waals surface area contributed by atoms with Crippen molar-refractivity contribution >= 4 is 39.9 Å². The maximum absolute atomic E-state index is 12.5. The van der Waals surface area contributed by atoms with Crippen LogP contribution in [0, 0.1) is 0 Å². The van der Waals surface area contributed by atoms with E-state index in [2.05, 4.69) is 31.8 Å². The Hall–Kier alpha value is -4.38. The SMILES string of the molecule is COc1cc(C(=O)NCC(=O)NN=Cc2cccc(OC(=O)c3cccc(Br)c3)c2)cc(OC)c1OC. The van der Waals surface area contributed by atoms with Crippen molar-refractivity contribution in [2.45, 2.75) is 0 Å². The van der Waals surface area contributed by atoms with Gasteiger partial charge in [0.2, 0.25) is 5.75 Å². The fourth-order valence-corrected chi connectivity index (χ4v) is 3.53. The van der Waals surface area contributed by atoms with Crippen LogP contribution in [0.2, 0.25) is 0 Å². The average Bonchev–Trinajstić information content (AvgIpc) is 2.91. The second kappa shape index (κ2) is 13.1.